The minimum atomic E-state index is 0.580. The molecule has 4 heteroatoms. The molecule has 4 nitrogen and oxygen atoms in total. The summed E-state index contributed by atoms with van der Waals surface area (Å²) in [6.07, 6.45) is 0. The molecule has 0 bridgehead atoms. The van der Waals surface area contributed by atoms with Crippen LogP contribution in [0.15, 0.2) is 192 Å². The molecule has 2 heterocycles. The number of benzene rings is 8. The van der Waals surface area contributed by atoms with Gasteiger partial charge in [0.15, 0.2) is 17.5 Å². The van der Waals surface area contributed by atoms with Crippen molar-refractivity contribution in [1.82, 2.24) is 15.0 Å². The van der Waals surface area contributed by atoms with Crippen molar-refractivity contribution in [3.05, 3.63) is 188 Å². The van der Waals surface area contributed by atoms with Crippen LogP contribution in [-0.4, -0.2) is 15.0 Å². The van der Waals surface area contributed by atoms with Crippen LogP contribution in [0.1, 0.15) is 0 Å². The molecule has 0 spiro atoms. The van der Waals surface area contributed by atoms with E-state index >= 15 is 0 Å². The summed E-state index contributed by atoms with van der Waals surface area (Å²) in [4.78, 5) is 15.5. The molecular formula is C49H31N3O. The summed E-state index contributed by atoms with van der Waals surface area (Å²) in [5.74, 6) is 1.80. The van der Waals surface area contributed by atoms with Crippen molar-refractivity contribution < 1.29 is 4.42 Å². The number of furan rings is 1. The average molecular weight is 678 g/mol. The number of rotatable bonds is 6. The summed E-state index contributed by atoms with van der Waals surface area (Å²) in [6.45, 7) is 0. The number of hydrogen-bond acceptors (Lipinski definition) is 4. The van der Waals surface area contributed by atoms with E-state index in [1.54, 1.807) is 0 Å². The van der Waals surface area contributed by atoms with Gasteiger partial charge in [-0.2, -0.15) is 0 Å². The second-order valence-electron chi connectivity index (χ2n) is 13.2. The van der Waals surface area contributed by atoms with Gasteiger partial charge in [-0.05, 0) is 68.4 Å². The van der Waals surface area contributed by atoms with Gasteiger partial charge in [-0.15, -0.1) is 0 Å². The Bertz CT molecular complexity index is 2940. The van der Waals surface area contributed by atoms with E-state index in [1.165, 1.54) is 16.5 Å². The minimum absolute atomic E-state index is 0.580. The fourth-order valence-corrected chi connectivity index (χ4v) is 7.42. The lowest BCUT2D eigenvalue weighted by Gasteiger charge is -2.13. The zero-order valence-corrected chi connectivity index (χ0v) is 28.6. The van der Waals surface area contributed by atoms with Gasteiger partial charge in [0.05, 0.1) is 0 Å². The highest BCUT2D eigenvalue weighted by molar-refractivity contribution is 6.13. The predicted molar refractivity (Wildman–Crippen MR) is 217 cm³/mol. The Balaban J connectivity index is 1.16. The van der Waals surface area contributed by atoms with E-state index in [9.17, 15) is 0 Å². The lowest BCUT2D eigenvalue weighted by atomic mass is 9.97. The summed E-state index contributed by atoms with van der Waals surface area (Å²) in [5.41, 5.74) is 11.2. The summed E-state index contributed by atoms with van der Waals surface area (Å²) in [6, 6.07) is 65.1. The molecule has 0 N–H and O–H groups in total. The van der Waals surface area contributed by atoms with Gasteiger partial charge in [0.1, 0.15) is 11.2 Å². The first-order valence-corrected chi connectivity index (χ1v) is 17.8. The first-order chi connectivity index (χ1) is 26.3. The third-order valence-corrected chi connectivity index (χ3v) is 9.95. The number of fused-ring (bicyclic) bond motifs is 4. The smallest absolute Gasteiger partial charge is 0.164 e. The van der Waals surface area contributed by atoms with Crippen LogP contribution in [-0.2, 0) is 0 Å². The first-order valence-electron chi connectivity index (χ1n) is 17.8. The maximum Gasteiger partial charge on any atom is 0.164 e. The fraction of sp³-hybridized carbons (Fsp3) is 0. The monoisotopic (exact) mass is 677 g/mol. The SMILES string of the molecule is c1ccc(-c2ccccc2-c2nc(-c3ccc4c(-c5ccccc5)cccc4c3)nc(-c3ccc4c(c3)oc3cccc(-c5ccccc5)c34)n2)cc1. The summed E-state index contributed by atoms with van der Waals surface area (Å²) in [7, 11) is 0. The van der Waals surface area contributed by atoms with Crippen molar-refractivity contribution >= 4 is 32.7 Å². The van der Waals surface area contributed by atoms with Crippen molar-refractivity contribution in [2.75, 3.05) is 0 Å². The molecule has 0 atom stereocenters. The molecule has 8 aromatic carbocycles. The quantitative estimate of drug-likeness (QED) is 0.176. The van der Waals surface area contributed by atoms with E-state index < -0.39 is 0 Å². The number of aromatic nitrogens is 3. The minimum Gasteiger partial charge on any atom is -0.456 e. The summed E-state index contributed by atoms with van der Waals surface area (Å²) >= 11 is 0. The number of hydrogen-bond donors (Lipinski definition) is 0. The predicted octanol–water partition coefficient (Wildman–Crippen LogP) is 12.9. The molecule has 0 fully saturated rings. The Hall–Kier alpha value is -7.17. The highest BCUT2D eigenvalue weighted by atomic mass is 16.3. The Morgan fingerprint density at radius 3 is 1.51 bits per heavy atom. The standard InChI is InChI=1S/C49H31N3O/c1-4-14-32(15-5-1)38-23-12-20-35-30-36(26-28-40(35)38)47-50-48(52-49(51-47)42-22-11-10-21-39(42)33-16-6-2-7-17-33)37-27-29-43-45(31-37)53-44-25-13-24-41(46(43)44)34-18-8-3-9-19-34/h1-31H. The lowest BCUT2D eigenvalue weighted by molar-refractivity contribution is 0.669. The summed E-state index contributed by atoms with van der Waals surface area (Å²) in [5, 5.41) is 4.45. The molecule has 0 saturated heterocycles. The van der Waals surface area contributed by atoms with E-state index in [4.69, 9.17) is 19.4 Å². The van der Waals surface area contributed by atoms with Crippen molar-refractivity contribution in [1.29, 1.82) is 0 Å². The van der Waals surface area contributed by atoms with Gasteiger partial charge < -0.3 is 4.42 Å². The van der Waals surface area contributed by atoms with E-state index in [0.29, 0.717) is 17.5 Å². The molecule has 0 aliphatic carbocycles. The summed E-state index contributed by atoms with van der Waals surface area (Å²) < 4.78 is 6.51. The van der Waals surface area contributed by atoms with Crippen LogP contribution in [0.4, 0.5) is 0 Å². The van der Waals surface area contributed by atoms with Crippen molar-refractivity contribution in [3.63, 3.8) is 0 Å². The largest absolute Gasteiger partial charge is 0.456 e. The van der Waals surface area contributed by atoms with Gasteiger partial charge in [-0.3, -0.25) is 0 Å². The Labute approximate surface area is 306 Å². The molecule has 0 radical (unpaired) electrons. The van der Waals surface area contributed by atoms with Gasteiger partial charge in [0.25, 0.3) is 0 Å². The fourth-order valence-electron chi connectivity index (χ4n) is 7.42. The zero-order valence-electron chi connectivity index (χ0n) is 28.6. The zero-order chi connectivity index (χ0) is 35.1. The van der Waals surface area contributed by atoms with Crippen LogP contribution >= 0.6 is 0 Å². The van der Waals surface area contributed by atoms with Crippen LogP contribution in [0.2, 0.25) is 0 Å². The van der Waals surface area contributed by atoms with Gasteiger partial charge >= 0.3 is 0 Å². The third kappa shape index (κ3) is 5.54. The molecule has 0 unspecified atom stereocenters. The van der Waals surface area contributed by atoms with Crippen LogP contribution in [0.3, 0.4) is 0 Å². The Morgan fingerprint density at radius 2 is 0.811 bits per heavy atom. The second kappa shape index (κ2) is 12.9. The molecule has 10 aromatic rings. The van der Waals surface area contributed by atoms with E-state index in [1.807, 2.05) is 30.3 Å². The van der Waals surface area contributed by atoms with Crippen LogP contribution in [0.25, 0.3) is 100 Å². The Morgan fingerprint density at radius 1 is 0.302 bits per heavy atom. The first kappa shape index (κ1) is 30.6. The number of nitrogens with zero attached hydrogens (tertiary/aromatic N) is 3. The lowest BCUT2D eigenvalue weighted by Crippen LogP contribution is -2.01. The van der Waals surface area contributed by atoms with E-state index in [2.05, 4.69) is 158 Å². The van der Waals surface area contributed by atoms with E-state index in [-0.39, 0.29) is 0 Å². The second-order valence-corrected chi connectivity index (χ2v) is 13.2. The van der Waals surface area contributed by atoms with Crippen LogP contribution < -0.4 is 0 Å². The van der Waals surface area contributed by atoms with E-state index in [0.717, 1.165) is 66.3 Å². The van der Waals surface area contributed by atoms with Crippen molar-refractivity contribution in [2.24, 2.45) is 0 Å². The molecular weight excluding hydrogens is 647 g/mol. The Kier molecular flexibility index (Phi) is 7.43. The van der Waals surface area contributed by atoms with Gasteiger partial charge in [0.2, 0.25) is 0 Å². The van der Waals surface area contributed by atoms with Crippen molar-refractivity contribution in [3.8, 4) is 67.5 Å². The molecule has 0 amide bonds. The van der Waals surface area contributed by atoms with Gasteiger partial charge in [-0.1, -0.05) is 164 Å². The highest BCUT2D eigenvalue weighted by Gasteiger charge is 2.18. The average Bonchev–Trinajstić information content (AvgIpc) is 3.62. The highest BCUT2D eigenvalue weighted by Crippen LogP contribution is 2.39. The molecule has 248 valence electrons. The molecule has 0 aliphatic rings. The third-order valence-electron chi connectivity index (χ3n) is 9.95. The molecule has 10 rings (SSSR count). The van der Waals surface area contributed by atoms with Gasteiger partial charge in [0, 0.05) is 27.5 Å². The molecule has 0 saturated carbocycles. The topological polar surface area (TPSA) is 51.8 Å². The molecule has 53 heavy (non-hydrogen) atoms. The maximum atomic E-state index is 6.51. The molecule has 0 aliphatic heterocycles. The van der Waals surface area contributed by atoms with Crippen molar-refractivity contribution in [2.45, 2.75) is 0 Å². The normalized spacial score (nSPS) is 11.4. The van der Waals surface area contributed by atoms with Gasteiger partial charge in [-0.25, -0.2) is 15.0 Å². The van der Waals surface area contributed by atoms with Crippen LogP contribution in [0, 0.1) is 0 Å². The maximum absolute atomic E-state index is 6.51. The molecule has 2 aromatic heterocycles. The van der Waals surface area contributed by atoms with Crippen LogP contribution in [0.5, 0.6) is 0 Å².